The molecule has 0 bridgehead atoms. The number of nitrogens with one attached hydrogen (secondary N) is 1. The standard InChI is InChI=1S/C29H36Cl2N2O7/c1-5-37-27(36)28(2,3)39-25-14-24(21(13-22(25)31)26(35)32-4)38-17-20(34)16-33-10-8-29(9-11-33)15-18-12-19(30)6-7-23(18)40-29/h6-7,12-14,20,34H,5,8-11,15-17H2,1-4H3,(H,32,35)/t20-/m0/s1. The number of amides is 1. The molecular formula is C29H36Cl2N2O7. The van der Waals surface area contributed by atoms with Crippen LogP contribution in [-0.4, -0.2) is 79.1 Å². The fourth-order valence-corrected chi connectivity index (χ4v) is 5.42. The number of fused-ring (bicyclic) bond motifs is 1. The van der Waals surface area contributed by atoms with E-state index in [9.17, 15) is 14.7 Å². The average molecular weight is 596 g/mol. The smallest absolute Gasteiger partial charge is 0.349 e. The van der Waals surface area contributed by atoms with Gasteiger partial charge in [-0.2, -0.15) is 0 Å². The second-order valence-electron chi connectivity index (χ2n) is 10.7. The molecular weight excluding hydrogens is 559 g/mol. The molecule has 1 saturated heterocycles. The van der Waals surface area contributed by atoms with Gasteiger partial charge < -0.3 is 34.3 Å². The zero-order valence-corrected chi connectivity index (χ0v) is 24.7. The number of hydrogen-bond acceptors (Lipinski definition) is 8. The summed E-state index contributed by atoms with van der Waals surface area (Å²) in [6.45, 7) is 6.90. The highest BCUT2D eigenvalue weighted by Crippen LogP contribution is 2.42. The van der Waals surface area contributed by atoms with Crippen LogP contribution < -0.4 is 19.5 Å². The van der Waals surface area contributed by atoms with E-state index in [1.165, 1.54) is 19.2 Å². The van der Waals surface area contributed by atoms with Crippen molar-refractivity contribution < 1.29 is 33.6 Å². The highest BCUT2D eigenvalue weighted by Gasteiger charge is 2.42. The number of esters is 1. The summed E-state index contributed by atoms with van der Waals surface area (Å²) in [6, 6.07) is 8.61. The first-order valence-corrected chi connectivity index (χ1v) is 14.1. The molecule has 2 heterocycles. The van der Waals surface area contributed by atoms with Gasteiger partial charge in [-0.25, -0.2) is 4.79 Å². The van der Waals surface area contributed by atoms with E-state index < -0.39 is 23.6 Å². The van der Waals surface area contributed by atoms with Crippen molar-refractivity contribution in [1.82, 2.24) is 10.2 Å². The molecule has 2 aromatic rings. The van der Waals surface area contributed by atoms with Gasteiger partial charge in [-0.15, -0.1) is 0 Å². The van der Waals surface area contributed by atoms with Crippen molar-refractivity contribution in [3.63, 3.8) is 0 Å². The largest absolute Gasteiger partial charge is 0.490 e. The van der Waals surface area contributed by atoms with Crippen molar-refractivity contribution in [2.24, 2.45) is 0 Å². The number of hydrogen-bond donors (Lipinski definition) is 2. The zero-order valence-electron chi connectivity index (χ0n) is 23.2. The number of β-amino-alcohol motifs (C(OH)–C–C–N with tert-alkyl or cyclic N) is 1. The molecule has 1 atom stereocenters. The van der Waals surface area contributed by atoms with Crippen LogP contribution in [0.5, 0.6) is 17.2 Å². The molecule has 4 rings (SSSR count). The topological polar surface area (TPSA) is 107 Å². The average Bonchev–Trinajstić information content (AvgIpc) is 3.26. The Morgan fingerprint density at radius 2 is 1.90 bits per heavy atom. The summed E-state index contributed by atoms with van der Waals surface area (Å²) < 4.78 is 23.1. The first kappa shape index (κ1) is 30.2. The Labute approximate surface area is 244 Å². The highest BCUT2D eigenvalue weighted by molar-refractivity contribution is 6.32. The van der Waals surface area contributed by atoms with E-state index in [1.54, 1.807) is 20.8 Å². The van der Waals surface area contributed by atoms with Gasteiger partial charge in [0.1, 0.15) is 35.6 Å². The summed E-state index contributed by atoms with van der Waals surface area (Å²) in [6.07, 6.45) is 1.69. The van der Waals surface area contributed by atoms with Crippen LogP contribution in [0.2, 0.25) is 10.0 Å². The predicted molar refractivity (Wildman–Crippen MR) is 152 cm³/mol. The van der Waals surface area contributed by atoms with Crippen molar-refractivity contribution in [2.75, 3.05) is 39.9 Å². The normalized spacial score (nSPS) is 17.1. The summed E-state index contributed by atoms with van der Waals surface area (Å²) in [5.41, 5.74) is -0.241. The van der Waals surface area contributed by atoms with Gasteiger partial charge in [0, 0.05) is 57.0 Å². The van der Waals surface area contributed by atoms with E-state index in [0.717, 1.165) is 43.7 Å². The van der Waals surface area contributed by atoms with Crippen LogP contribution in [0.3, 0.4) is 0 Å². The van der Waals surface area contributed by atoms with Crippen LogP contribution in [0.15, 0.2) is 30.3 Å². The van der Waals surface area contributed by atoms with Crippen LogP contribution in [0, 0.1) is 0 Å². The second-order valence-corrected chi connectivity index (χ2v) is 11.5. The first-order valence-electron chi connectivity index (χ1n) is 13.4. The zero-order chi connectivity index (χ0) is 29.1. The van der Waals surface area contributed by atoms with E-state index in [2.05, 4.69) is 10.2 Å². The number of ether oxygens (including phenoxy) is 4. The van der Waals surface area contributed by atoms with Crippen molar-refractivity contribution >= 4 is 35.1 Å². The van der Waals surface area contributed by atoms with E-state index in [4.69, 9.17) is 42.1 Å². The predicted octanol–water partition coefficient (Wildman–Crippen LogP) is 4.28. The molecule has 1 fully saturated rings. The maximum absolute atomic E-state index is 12.5. The van der Waals surface area contributed by atoms with Crippen LogP contribution in [0.1, 0.15) is 49.5 Å². The molecule has 9 nitrogen and oxygen atoms in total. The summed E-state index contributed by atoms with van der Waals surface area (Å²) in [4.78, 5) is 27.0. The molecule has 11 heteroatoms. The van der Waals surface area contributed by atoms with E-state index >= 15 is 0 Å². The molecule has 2 aromatic carbocycles. The molecule has 0 saturated carbocycles. The summed E-state index contributed by atoms with van der Waals surface area (Å²) in [7, 11) is 1.49. The van der Waals surface area contributed by atoms with Crippen LogP contribution >= 0.6 is 23.2 Å². The number of carbonyl (C=O) groups excluding carboxylic acids is 2. The highest BCUT2D eigenvalue weighted by atomic mass is 35.5. The van der Waals surface area contributed by atoms with Gasteiger partial charge in [0.2, 0.25) is 0 Å². The van der Waals surface area contributed by atoms with Gasteiger partial charge in [-0.3, -0.25) is 4.79 Å². The van der Waals surface area contributed by atoms with Crippen molar-refractivity contribution in [3.8, 4) is 17.2 Å². The van der Waals surface area contributed by atoms with Crippen LogP contribution in [0.4, 0.5) is 0 Å². The molecule has 2 N–H and O–H groups in total. The van der Waals surface area contributed by atoms with E-state index in [-0.39, 0.29) is 40.9 Å². The number of piperidine rings is 1. The number of aliphatic hydroxyl groups excluding tert-OH is 1. The Morgan fingerprint density at radius 1 is 1.18 bits per heavy atom. The Balaban J connectivity index is 1.36. The molecule has 0 radical (unpaired) electrons. The maximum Gasteiger partial charge on any atom is 0.349 e. The minimum absolute atomic E-state index is 0.0611. The van der Waals surface area contributed by atoms with Gasteiger partial charge in [0.05, 0.1) is 17.2 Å². The fourth-order valence-electron chi connectivity index (χ4n) is 5.03. The molecule has 2 aliphatic heterocycles. The third kappa shape index (κ3) is 6.94. The lowest BCUT2D eigenvalue weighted by molar-refractivity contribution is -0.158. The third-order valence-electron chi connectivity index (χ3n) is 7.17. The lowest BCUT2D eigenvalue weighted by Gasteiger charge is -2.39. The Bertz CT molecular complexity index is 1250. The quantitative estimate of drug-likeness (QED) is 0.392. The Kier molecular flexibility index (Phi) is 9.40. The number of aliphatic hydroxyl groups is 1. The van der Waals surface area contributed by atoms with Gasteiger partial charge in [0.25, 0.3) is 5.91 Å². The summed E-state index contributed by atoms with van der Waals surface area (Å²) >= 11 is 12.5. The number of halogens is 2. The third-order valence-corrected chi connectivity index (χ3v) is 7.70. The van der Waals surface area contributed by atoms with Crippen LogP contribution in [-0.2, 0) is 16.0 Å². The Morgan fingerprint density at radius 3 is 2.58 bits per heavy atom. The van der Waals surface area contributed by atoms with Crippen LogP contribution in [0.25, 0.3) is 0 Å². The molecule has 1 spiro atoms. The van der Waals surface area contributed by atoms with Crippen molar-refractivity contribution in [3.05, 3.63) is 51.5 Å². The van der Waals surface area contributed by atoms with E-state index in [0.29, 0.717) is 11.6 Å². The number of rotatable bonds is 10. The van der Waals surface area contributed by atoms with Gasteiger partial charge in [0.15, 0.2) is 5.60 Å². The SMILES string of the molecule is CCOC(=O)C(C)(C)Oc1cc(OC[C@@H](O)CN2CCC3(CC2)Cc2cc(Cl)ccc2O3)c(C(=O)NC)cc1Cl. The van der Waals surface area contributed by atoms with E-state index in [1.807, 2.05) is 18.2 Å². The number of likely N-dealkylation sites (tertiary alicyclic amines) is 1. The minimum atomic E-state index is -1.33. The minimum Gasteiger partial charge on any atom is -0.490 e. The molecule has 2 aliphatic rings. The lowest BCUT2D eigenvalue weighted by atomic mass is 9.87. The fraction of sp³-hybridized carbons (Fsp3) is 0.517. The molecule has 218 valence electrons. The maximum atomic E-state index is 12.5. The van der Waals surface area contributed by atoms with Crippen molar-refractivity contribution in [1.29, 1.82) is 0 Å². The molecule has 0 unspecified atom stereocenters. The molecule has 0 aliphatic carbocycles. The Hall–Kier alpha value is -2.72. The molecule has 0 aromatic heterocycles. The van der Waals surface area contributed by atoms with Crippen molar-refractivity contribution in [2.45, 2.75) is 57.3 Å². The number of benzene rings is 2. The monoisotopic (exact) mass is 594 g/mol. The molecule has 1 amide bonds. The summed E-state index contributed by atoms with van der Waals surface area (Å²) in [5, 5.41) is 14.2. The molecule has 40 heavy (non-hydrogen) atoms. The number of nitrogens with zero attached hydrogens (tertiary/aromatic N) is 1. The van der Waals surface area contributed by atoms with Gasteiger partial charge in [-0.1, -0.05) is 23.2 Å². The van der Waals surface area contributed by atoms with Gasteiger partial charge >= 0.3 is 5.97 Å². The number of carbonyl (C=O) groups is 2. The van der Waals surface area contributed by atoms with Gasteiger partial charge in [-0.05, 0) is 50.6 Å². The lowest BCUT2D eigenvalue weighted by Crippen LogP contribution is -2.49. The second kappa shape index (κ2) is 12.4. The first-order chi connectivity index (χ1) is 18.9. The summed E-state index contributed by atoms with van der Waals surface area (Å²) in [5.74, 6) is 0.249.